The van der Waals surface area contributed by atoms with Crippen molar-refractivity contribution in [1.82, 2.24) is 20.0 Å². The van der Waals surface area contributed by atoms with Gasteiger partial charge in [0.1, 0.15) is 11.8 Å². The van der Waals surface area contributed by atoms with Gasteiger partial charge in [0.2, 0.25) is 5.91 Å². The van der Waals surface area contributed by atoms with Gasteiger partial charge < -0.3 is 24.6 Å². The molecule has 2 aromatic carbocycles. The van der Waals surface area contributed by atoms with Gasteiger partial charge in [0.15, 0.2) is 0 Å². The maximum absolute atomic E-state index is 13.9. The third-order valence-corrected chi connectivity index (χ3v) is 7.53. The Balaban J connectivity index is 1.62. The number of likely N-dealkylation sites (tertiary alicyclic amines) is 1. The average molecular weight is 509 g/mol. The molecule has 2 heterocycles. The van der Waals surface area contributed by atoms with E-state index in [-0.39, 0.29) is 17.9 Å². The van der Waals surface area contributed by atoms with E-state index in [1.165, 1.54) is 11.1 Å². The summed E-state index contributed by atoms with van der Waals surface area (Å²) >= 11 is 0. The SMILES string of the molecule is COCCN(Cc1ccccc1C)C1CC(C(=O)N2CCCNCC2)N(C(=O)c2cccc(OC)c2)C1. The van der Waals surface area contributed by atoms with Gasteiger partial charge in [-0.2, -0.15) is 0 Å². The van der Waals surface area contributed by atoms with Gasteiger partial charge in [-0.3, -0.25) is 14.5 Å². The lowest BCUT2D eigenvalue weighted by Crippen LogP contribution is -2.48. The van der Waals surface area contributed by atoms with Crippen LogP contribution in [-0.4, -0.2) is 98.7 Å². The molecule has 2 atom stereocenters. The molecule has 2 fully saturated rings. The number of benzene rings is 2. The maximum atomic E-state index is 13.9. The van der Waals surface area contributed by atoms with Gasteiger partial charge in [0, 0.05) is 58.0 Å². The molecule has 200 valence electrons. The zero-order chi connectivity index (χ0) is 26.2. The summed E-state index contributed by atoms with van der Waals surface area (Å²) in [5, 5.41) is 3.37. The number of hydrogen-bond donors (Lipinski definition) is 1. The van der Waals surface area contributed by atoms with E-state index in [2.05, 4.69) is 35.3 Å². The lowest BCUT2D eigenvalue weighted by molar-refractivity contribution is -0.135. The molecule has 2 saturated heterocycles. The Labute approximate surface area is 220 Å². The largest absolute Gasteiger partial charge is 0.497 e. The topological polar surface area (TPSA) is 74.4 Å². The minimum absolute atomic E-state index is 0.0448. The van der Waals surface area contributed by atoms with Gasteiger partial charge in [-0.15, -0.1) is 0 Å². The van der Waals surface area contributed by atoms with Gasteiger partial charge in [0.25, 0.3) is 5.91 Å². The Morgan fingerprint density at radius 3 is 2.70 bits per heavy atom. The Hall–Kier alpha value is -2.94. The van der Waals surface area contributed by atoms with Crippen molar-refractivity contribution in [3.8, 4) is 5.75 Å². The molecule has 2 aromatic rings. The molecule has 8 nitrogen and oxygen atoms in total. The highest BCUT2D eigenvalue weighted by atomic mass is 16.5. The molecule has 0 aromatic heterocycles. The summed E-state index contributed by atoms with van der Waals surface area (Å²) in [7, 11) is 3.30. The summed E-state index contributed by atoms with van der Waals surface area (Å²) in [6.45, 7) is 7.74. The van der Waals surface area contributed by atoms with Crippen LogP contribution in [0.4, 0.5) is 0 Å². The molecule has 2 unspecified atom stereocenters. The van der Waals surface area contributed by atoms with E-state index in [0.29, 0.717) is 44.0 Å². The van der Waals surface area contributed by atoms with Crippen molar-refractivity contribution in [3.05, 3.63) is 65.2 Å². The second-order valence-corrected chi connectivity index (χ2v) is 9.91. The van der Waals surface area contributed by atoms with Crippen LogP contribution in [0.2, 0.25) is 0 Å². The standard InChI is InChI=1S/C29H40N4O4/c1-22-8-4-5-9-24(22)20-32(16-17-36-2)25-19-27(29(35)31-14-7-12-30-13-15-31)33(21-25)28(34)23-10-6-11-26(18-23)37-3/h4-6,8-11,18,25,27,30H,7,12-17,19-21H2,1-3H3. The van der Waals surface area contributed by atoms with Crippen LogP contribution in [0.1, 0.15) is 34.3 Å². The lowest BCUT2D eigenvalue weighted by Gasteiger charge is -2.29. The monoisotopic (exact) mass is 508 g/mol. The first-order valence-electron chi connectivity index (χ1n) is 13.2. The summed E-state index contributed by atoms with van der Waals surface area (Å²) in [4.78, 5) is 33.8. The van der Waals surface area contributed by atoms with E-state index in [0.717, 1.165) is 32.6 Å². The number of aryl methyl sites for hydroxylation is 1. The van der Waals surface area contributed by atoms with E-state index in [9.17, 15) is 9.59 Å². The highest BCUT2D eigenvalue weighted by Crippen LogP contribution is 2.28. The van der Waals surface area contributed by atoms with Crippen molar-refractivity contribution in [2.75, 3.05) is 60.1 Å². The Morgan fingerprint density at radius 2 is 1.92 bits per heavy atom. The number of ether oxygens (including phenoxy) is 2. The fourth-order valence-corrected chi connectivity index (χ4v) is 5.34. The number of nitrogens with zero attached hydrogens (tertiary/aromatic N) is 3. The van der Waals surface area contributed by atoms with Crippen LogP contribution in [0.3, 0.4) is 0 Å². The van der Waals surface area contributed by atoms with E-state index in [1.807, 2.05) is 23.1 Å². The summed E-state index contributed by atoms with van der Waals surface area (Å²) in [6, 6.07) is 15.1. The molecule has 0 radical (unpaired) electrons. The van der Waals surface area contributed by atoms with Crippen LogP contribution in [0.15, 0.2) is 48.5 Å². The van der Waals surface area contributed by atoms with Crippen LogP contribution in [0.5, 0.6) is 5.75 Å². The van der Waals surface area contributed by atoms with E-state index < -0.39 is 6.04 Å². The summed E-state index contributed by atoms with van der Waals surface area (Å²) in [5.74, 6) is 0.546. The number of rotatable bonds is 9. The molecule has 8 heteroatoms. The molecule has 2 aliphatic heterocycles. The third kappa shape index (κ3) is 6.69. The number of carbonyl (C=O) groups excluding carboxylic acids is 2. The van der Waals surface area contributed by atoms with Crippen molar-refractivity contribution in [2.45, 2.75) is 38.4 Å². The van der Waals surface area contributed by atoms with Crippen LogP contribution in [0.25, 0.3) is 0 Å². The van der Waals surface area contributed by atoms with Crippen molar-refractivity contribution >= 4 is 11.8 Å². The fraction of sp³-hybridized carbons (Fsp3) is 0.517. The van der Waals surface area contributed by atoms with Crippen molar-refractivity contribution in [1.29, 1.82) is 0 Å². The smallest absolute Gasteiger partial charge is 0.254 e. The van der Waals surface area contributed by atoms with Crippen molar-refractivity contribution in [3.63, 3.8) is 0 Å². The van der Waals surface area contributed by atoms with E-state index in [1.54, 1.807) is 31.3 Å². The second-order valence-electron chi connectivity index (χ2n) is 9.91. The highest BCUT2D eigenvalue weighted by Gasteiger charge is 2.43. The Morgan fingerprint density at radius 1 is 1.08 bits per heavy atom. The number of carbonyl (C=O) groups is 2. The zero-order valence-electron chi connectivity index (χ0n) is 22.3. The minimum Gasteiger partial charge on any atom is -0.497 e. The lowest BCUT2D eigenvalue weighted by atomic mass is 10.1. The van der Waals surface area contributed by atoms with Gasteiger partial charge >= 0.3 is 0 Å². The molecule has 0 spiro atoms. The number of hydrogen-bond acceptors (Lipinski definition) is 6. The molecule has 4 rings (SSSR count). The fourth-order valence-electron chi connectivity index (χ4n) is 5.34. The molecule has 2 aliphatic rings. The normalized spacial score (nSPS) is 20.2. The Bertz CT molecular complexity index is 1050. The summed E-state index contributed by atoms with van der Waals surface area (Å²) in [5.41, 5.74) is 3.02. The van der Waals surface area contributed by atoms with Gasteiger partial charge in [-0.25, -0.2) is 0 Å². The molecule has 37 heavy (non-hydrogen) atoms. The molecular weight excluding hydrogens is 468 g/mol. The molecule has 1 N–H and O–H groups in total. The summed E-state index contributed by atoms with van der Waals surface area (Å²) in [6.07, 6.45) is 1.52. The molecule has 0 aliphatic carbocycles. The molecule has 2 amide bonds. The number of amides is 2. The predicted molar refractivity (Wildman–Crippen MR) is 144 cm³/mol. The van der Waals surface area contributed by atoms with Crippen LogP contribution >= 0.6 is 0 Å². The third-order valence-electron chi connectivity index (χ3n) is 7.53. The molecule has 0 bridgehead atoms. The van der Waals surface area contributed by atoms with Gasteiger partial charge in [-0.05, 0) is 55.6 Å². The van der Waals surface area contributed by atoms with Crippen molar-refractivity contribution in [2.24, 2.45) is 0 Å². The quantitative estimate of drug-likeness (QED) is 0.561. The minimum atomic E-state index is -0.497. The van der Waals surface area contributed by atoms with Crippen molar-refractivity contribution < 1.29 is 19.1 Å². The molecular formula is C29H40N4O4. The van der Waals surface area contributed by atoms with Gasteiger partial charge in [0.05, 0.1) is 13.7 Å². The van der Waals surface area contributed by atoms with Gasteiger partial charge in [-0.1, -0.05) is 30.3 Å². The first-order chi connectivity index (χ1) is 18.0. The first kappa shape index (κ1) is 27.1. The van der Waals surface area contributed by atoms with Crippen LogP contribution < -0.4 is 10.1 Å². The van der Waals surface area contributed by atoms with Crippen LogP contribution in [-0.2, 0) is 16.1 Å². The predicted octanol–water partition coefficient (Wildman–Crippen LogP) is 2.56. The average Bonchev–Trinajstić information content (AvgIpc) is 3.18. The second kappa shape index (κ2) is 13.0. The Kier molecular flexibility index (Phi) is 9.55. The highest BCUT2D eigenvalue weighted by molar-refractivity contribution is 5.98. The summed E-state index contributed by atoms with van der Waals surface area (Å²) < 4.78 is 10.8. The molecule has 0 saturated carbocycles. The van der Waals surface area contributed by atoms with E-state index >= 15 is 0 Å². The maximum Gasteiger partial charge on any atom is 0.254 e. The zero-order valence-corrected chi connectivity index (χ0v) is 22.3. The van der Waals surface area contributed by atoms with E-state index in [4.69, 9.17) is 9.47 Å². The number of methoxy groups -OCH3 is 2. The van der Waals surface area contributed by atoms with Crippen LogP contribution in [0, 0.1) is 6.92 Å². The number of nitrogens with one attached hydrogen (secondary N) is 1. The first-order valence-corrected chi connectivity index (χ1v) is 13.2.